The number of aliphatic carboxylic acids is 1. The first-order chi connectivity index (χ1) is 10.8. The van der Waals surface area contributed by atoms with E-state index in [9.17, 15) is 14.7 Å². The van der Waals surface area contributed by atoms with E-state index < -0.39 is 11.9 Å². The summed E-state index contributed by atoms with van der Waals surface area (Å²) in [6, 6.07) is 10.8. The van der Waals surface area contributed by atoms with Crippen LogP contribution in [-0.4, -0.2) is 17.0 Å². The van der Waals surface area contributed by atoms with E-state index in [0.29, 0.717) is 5.56 Å². The van der Waals surface area contributed by atoms with E-state index in [1.54, 1.807) is 18.2 Å². The molecule has 0 radical (unpaired) electrons. The van der Waals surface area contributed by atoms with Gasteiger partial charge in [0.15, 0.2) is 0 Å². The Balaban J connectivity index is 2.18. The predicted molar refractivity (Wildman–Crippen MR) is 92.5 cm³/mol. The predicted octanol–water partition coefficient (Wildman–Crippen LogP) is 3.90. The molecule has 2 rings (SSSR count). The van der Waals surface area contributed by atoms with Gasteiger partial charge in [-0.15, -0.1) is 11.3 Å². The molecule has 23 heavy (non-hydrogen) atoms. The number of carbonyl (C=O) groups excluding carboxylic acids is 1. The Labute approximate surface area is 139 Å². The molecular weight excluding hydrogens is 310 g/mol. The van der Waals surface area contributed by atoms with Crippen LogP contribution in [0.3, 0.4) is 0 Å². The molecule has 0 saturated heterocycles. The fourth-order valence-corrected chi connectivity index (χ4v) is 2.64. The standard InChI is InChI=1S/C18H19NO3S/c1-18(2,3)13-8-6-12(7-9-13)16(20)19-15(17(21)22)11-14-5-4-10-23-14/h4-11H,1-3H3,(H,19,20)(H,21,22)/b15-11+. The average molecular weight is 329 g/mol. The molecule has 1 aromatic heterocycles. The van der Waals surface area contributed by atoms with Crippen molar-refractivity contribution < 1.29 is 14.7 Å². The highest BCUT2D eigenvalue weighted by Crippen LogP contribution is 2.22. The highest BCUT2D eigenvalue weighted by molar-refractivity contribution is 7.10. The molecule has 0 aliphatic heterocycles. The zero-order chi connectivity index (χ0) is 17.0. The van der Waals surface area contributed by atoms with Gasteiger partial charge in [0, 0.05) is 10.4 Å². The summed E-state index contributed by atoms with van der Waals surface area (Å²) in [6.45, 7) is 6.27. The van der Waals surface area contributed by atoms with E-state index in [-0.39, 0.29) is 11.1 Å². The van der Waals surface area contributed by atoms with Crippen LogP contribution >= 0.6 is 11.3 Å². The second-order valence-corrected chi connectivity index (χ2v) is 7.14. The second kappa shape index (κ2) is 6.79. The molecule has 1 amide bonds. The zero-order valence-corrected chi connectivity index (χ0v) is 14.1. The van der Waals surface area contributed by atoms with Crippen LogP contribution in [0.15, 0.2) is 47.5 Å². The molecule has 0 aliphatic carbocycles. The van der Waals surface area contributed by atoms with Crippen LogP contribution in [0.2, 0.25) is 0 Å². The number of nitrogens with one attached hydrogen (secondary N) is 1. The fourth-order valence-electron chi connectivity index (χ4n) is 1.98. The Morgan fingerprint density at radius 3 is 2.26 bits per heavy atom. The first-order valence-electron chi connectivity index (χ1n) is 7.18. The topological polar surface area (TPSA) is 66.4 Å². The molecule has 0 atom stereocenters. The van der Waals surface area contributed by atoms with E-state index in [1.807, 2.05) is 23.6 Å². The molecular formula is C18H19NO3S. The third-order valence-corrected chi connectivity index (χ3v) is 4.14. The number of carboxylic acids is 1. The van der Waals surface area contributed by atoms with Crippen LogP contribution in [0, 0.1) is 0 Å². The van der Waals surface area contributed by atoms with E-state index in [4.69, 9.17) is 0 Å². The number of hydrogen-bond donors (Lipinski definition) is 2. The summed E-state index contributed by atoms with van der Waals surface area (Å²) < 4.78 is 0. The lowest BCUT2D eigenvalue weighted by atomic mass is 9.87. The maximum Gasteiger partial charge on any atom is 0.352 e. The van der Waals surface area contributed by atoms with Crippen LogP contribution in [0.4, 0.5) is 0 Å². The third kappa shape index (κ3) is 4.53. The number of carboxylic acid groups (broad SMARTS) is 1. The minimum absolute atomic E-state index is 0.000302. The fraction of sp³-hybridized carbons (Fsp3) is 0.222. The Kier molecular flexibility index (Phi) is 5.01. The molecule has 0 unspecified atom stereocenters. The van der Waals surface area contributed by atoms with Gasteiger partial charge in [0.2, 0.25) is 0 Å². The van der Waals surface area contributed by atoms with E-state index in [1.165, 1.54) is 17.4 Å². The summed E-state index contributed by atoms with van der Waals surface area (Å²) in [5, 5.41) is 13.5. The van der Waals surface area contributed by atoms with E-state index >= 15 is 0 Å². The smallest absolute Gasteiger partial charge is 0.352 e. The zero-order valence-electron chi connectivity index (χ0n) is 13.3. The molecule has 0 spiro atoms. The summed E-state index contributed by atoms with van der Waals surface area (Å²) in [5.74, 6) is -1.60. The first kappa shape index (κ1) is 17.0. The van der Waals surface area contributed by atoms with Crippen LogP contribution in [0.1, 0.15) is 41.6 Å². The maximum atomic E-state index is 12.2. The largest absolute Gasteiger partial charge is 0.477 e. The number of thiophene rings is 1. The number of benzene rings is 1. The Hall–Kier alpha value is -2.40. The normalized spacial score (nSPS) is 12.0. The Morgan fingerprint density at radius 2 is 1.78 bits per heavy atom. The molecule has 2 aromatic rings. The molecule has 0 aliphatic rings. The molecule has 0 bridgehead atoms. The summed E-state index contributed by atoms with van der Waals surface area (Å²) >= 11 is 1.41. The van der Waals surface area contributed by atoms with Crippen molar-refractivity contribution in [1.82, 2.24) is 5.32 Å². The van der Waals surface area contributed by atoms with Crippen LogP contribution in [0.25, 0.3) is 6.08 Å². The number of carbonyl (C=O) groups is 2. The van der Waals surface area contributed by atoms with Crippen molar-refractivity contribution in [2.45, 2.75) is 26.2 Å². The van der Waals surface area contributed by atoms with Gasteiger partial charge in [-0.05, 0) is 40.6 Å². The second-order valence-electron chi connectivity index (χ2n) is 6.16. The SMILES string of the molecule is CC(C)(C)c1ccc(C(=O)N/C(=C/c2cccs2)C(=O)O)cc1. The summed E-state index contributed by atoms with van der Waals surface area (Å²) in [4.78, 5) is 24.3. The highest BCUT2D eigenvalue weighted by atomic mass is 32.1. The van der Waals surface area contributed by atoms with Crippen molar-refractivity contribution in [2.75, 3.05) is 0 Å². The van der Waals surface area contributed by atoms with Crippen molar-refractivity contribution in [1.29, 1.82) is 0 Å². The van der Waals surface area contributed by atoms with Gasteiger partial charge in [-0.3, -0.25) is 4.79 Å². The van der Waals surface area contributed by atoms with Crippen molar-refractivity contribution in [2.24, 2.45) is 0 Å². The minimum atomic E-state index is -1.17. The van der Waals surface area contributed by atoms with E-state index in [2.05, 4.69) is 26.1 Å². The van der Waals surface area contributed by atoms with Gasteiger partial charge < -0.3 is 10.4 Å². The monoisotopic (exact) mass is 329 g/mol. The lowest BCUT2D eigenvalue weighted by Gasteiger charge is -2.19. The molecule has 0 fully saturated rings. The number of hydrogen-bond acceptors (Lipinski definition) is 3. The van der Waals surface area contributed by atoms with Crippen molar-refractivity contribution in [3.8, 4) is 0 Å². The van der Waals surface area contributed by atoms with Crippen LogP contribution < -0.4 is 5.32 Å². The maximum absolute atomic E-state index is 12.2. The molecule has 4 nitrogen and oxygen atoms in total. The average Bonchev–Trinajstić information content (AvgIpc) is 2.98. The summed E-state index contributed by atoms with van der Waals surface area (Å²) in [7, 11) is 0. The third-order valence-electron chi connectivity index (χ3n) is 3.32. The van der Waals surface area contributed by atoms with Gasteiger partial charge >= 0.3 is 5.97 Å². The molecule has 0 saturated carbocycles. The molecule has 120 valence electrons. The van der Waals surface area contributed by atoms with Crippen molar-refractivity contribution >= 4 is 29.3 Å². The number of rotatable bonds is 4. The lowest BCUT2D eigenvalue weighted by molar-refractivity contribution is -0.132. The molecule has 1 aromatic carbocycles. The first-order valence-corrected chi connectivity index (χ1v) is 8.06. The summed E-state index contributed by atoms with van der Waals surface area (Å²) in [5.41, 5.74) is 1.40. The van der Waals surface area contributed by atoms with Gasteiger partial charge in [0.1, 0.15) is 5.70 Å². The highest BCUT2D eigenvalue weighted by Gasteiger charge is 2.16. The van der Waals surface area contributed by atoms with Gasteiger partial charge in [0.25, 0.3) is 5.91 Å². The lowest BCUT2D eigenvalue weighted by Crippen LogP contribution is -2.27. The van der Waals surface area contributed by atoms with Gasteiger partial charge in [-0.2, -0.15) is 0 Å². The van der Waals surface area contributed by atoms with Crippen LogP contribution in [-0.2, 0) is 10.2 Å². The van der Waals surface area contributed by atoms with Gasteiger partial charge in [-0.1, -0.05) is 39.0 Å². The van der Waals surface area contributed by atoms with Gasteiger partial charge in [-0.25, -0.2) is 4.79 Å². The van der Waals surface area contributed by atoms with Gasteiger partial charge in [0.05, 0.1) is 0 Å². The molecule has 5 heteroatoms. The summed E-state index contributed by atoms with van der Waals surface area (Å²) in [6.07, 6.45) is 1.45. The minimum Gasteiger partial charge on any atom is -0.477 e. The Morgan fingerprint density at radius 1 is 1.13 bits per heavy atom. The quantitative estimate of drug-likeness (QED) is 0.836. The molecule has 2 N–H and O–H groups in total. The molecule has 1 heterocycles. The Bertz CT molecular complexity index is 723. The van der Waals surface area contributed by atoms with Crippen LogP contribution in [0.5, 0.6) is 0 Å². The number of amides is 1. The van der Waals surface area contributed by atoms with E-state index in [0.717, 1.165) is 10.4 Å². The van der Waals surface area contributed by atoms with Crippen molar-refractivity contribution in [3.05, 3.63) is 63.5 Å². The van der Waals surface area contributed by atoms with Crippen molar-refractivity contribution in [3.63, 3.8) is 0 Å².